The molecule has 24 heavy (non-hydrogen) atoms. The molecule has 0 fully saturated rings. The molecule has 2 N–H and O–H groups in total. The molecule has 0 saturated carbocycles. The summed E-state index contributed by atoms with van der Waals surface area (Å²) >= 11 is 0. The Morgan fingerprint density at radius 1 is 1.38 bits per heavy atom. The van der Waals surface area contributed by atoms with Crippen molar-refractivity contribution in [3.8, 4) is 0 Å². The highest BCUT2D eigenvalue weighted by molar-refractivity contribution is 7.92. The average molecular weight is 361 g/mol. The minimum Gasteiger partial charge on any atom is -0.395 e. The van der Waals surface area contributed by atoms with Gasteiger partial charge >= 0.3 is 0 Å². The summed E-state index contributed by atoms with van der Waals surface area (Å²) in [6.45, 7) is 0.143. The Morgan fingerprint density at radius 3 is 2.62 bits per heavy atom. The minimum absolute atomic E-state index is 0.381. The smallest absolute Gasteiger partial charge is 0.158 e. The van der Waals surface area contributed by atoms with Gasteiger partial charge in [0, 0.05) is 11.6 Å². The van der Waals surface area contributed by atoms with E-state index in [9.17, 15) is 22.3 Å². The fourth-order valence-electron chi connectivity index (χ4n) is 2.44. The number of aromatic nitrogens is 3. The van der Waals surface area contributed by atoms with Crippen molar-refractivity contribution in [1.82, 2.24) is 14.8 Å². The van der Waals surface area contributed by atoms with Crippen molar-refractivity contribution < 1.29 is 27.4 Å². The number of rotatable bonds is 7. The summed E-state index contributed by atoms with van der Waals surface area (Å²) in [6, 6.07) is 2.48. The van der Waals surface area contributed by atoms with Crippen LogP contribution in [0.25, 0.3) is 0 Å². The van der Waals surface area contributed by atoms with Gasteiger partial charge in [-0.2, -0.15) is 5.10 Å². The van der Waals surface area contributed by atoms with Crippen molar-refractivity contribution in [1.29, 1.82) is 0 Å². The number of hydrogen-bond acceptors (Lipinski definition) is 6. The van der Waals surface area contributed by atoms with E-state index in [2.05, 4.69) is 10.1 Å². The van der Waals surface area contributed by atoms with Crippen molar-refractivity contribution in [2.24, 2.45) is 0 Å². The first-order chi connectivity index (χ1) is 11.2. The van der Waals surface area contributed by atoms with E-state index in [1.54, 1.807) is 0 Å². The molecule has 132 valence electrons. The molecule has 1 aromatic heterocycles. The molecule has 0 spiro atoms. The zero-order valence-corrected chi connectivity index (χ0v) is 13.6. The second-order valence-corrected chi connectivity index (χ2v) is 7.82. The Hall–Kier alpha value is -1.91. The van der Waals surface area contributed by atoms with Gasteiger partial charge in [0.05, 0.1) is 24.2 Å². The predicted molar refractivity (Wildman–Crippen MR) is 80.6 cm³/mol. The molecule has 0 radical (unpaired) electrons. The number of sulfone groups is 1. The number of aliphatic hydroxyl groups is 2. The molecule has 0 aliphatic heterocycles. The van der Waals surface area contributed by atoms with Crippen LogP contribution in [0.3, 0.4) is 0 Å². The molecule has 0 aliphatic rings. The van der Waals surface area contributed by atoms with E-state index in [4.69, 9.17) is 5.11 Å². The van der Waals surface area contributed by atoms with Crippen molar-refractivity contribution >= 4 is 9.84 Å². The van der Waals surface area contributed by atoms with Crippen LogP contribution in [0.5, 0.6) is 0 Å². The van der Waals surface area contributed by atoms with E-state index >= 15 is 0 Å². The normalized spacial score (nSPS) is 15.9. The third-order valence-electron chi connectivity index (χ3n) is 3.85. The van der Waals surface area contributed by atoms with Gasteiger partial charge in [0.2, 0.25) is 0 Å². The minimum atomic E-state index is -3.97. The Kier molecular flexibility index (Phi) is 5.31. The summed E-state index contributed by atoms with van der Waals surface area (Å²) in [6.07, 6.45) is 2.41. The van der Waals surface area contributed by atoms with Gasteiger partial charge in [-0.25, -0.2) is 26.9 Å². The molecule has 0 aliphatic carbocycles. The summed E-state index contributed by atoms with van der Waals surface area (Å²) in [5.74, 6) is -2.54. The first-order valence-corrected chi connectivity index (χ1v) is 8.75. The third-order valence-corrected chi connectivity index (χ3v) is 6.07. The van der Waals surface area contributed by atoms with Gasteiger partial charge in [0.15, 0.2) is 9.84 Å². The largest absolute Gasteiger partial charge is 0.395 e. The van der Waals surface area contributed by atoms with Crippen molar-refractivity contribution in [2.45, 2.75) is 24.3 Å². The van der Waals surface area contributed by atoms with Crippen molar-refractivity contribution in [3.05, 3.63) is 48.1 Å². The van der Waals surface area contributed by atoms with E-state index < -0.39 is 51.2 Å². The van der Waals surface area contributed by atoms with E-state index in [0.29, 0.717) is 6.07 Å². The fourth-order valence-corrected chi connectivity index (χ4v) is 3.84. The summed E-state index contributed by atoms with van der Waals surface area (Å²) < 4.78 is 53.1. The number of hydrogen-bond donors (Lipinski definition) is 2. The highest BCUT2D eigenvalue weighted by atomic mass is 32.2. The van der Waals surface area contributed by atoms with Gasteiger partial charge in [0.25, 0.3) is 0 Å². The van der Waals surface area contributed by atoms with Crippen LogP contribution >= 0.6 is 0 Å². The number of aliphatic hydroxyl groups excluding tert-OH is 1. The molecule has 0 saturated heterocycles. The van der Waals surface area contributed by atoms with Crippen molar-refractivity contribution in [3.63, 3.8) is 0 Å². The number of benzene rings is 1. The molecule has 7 nitrogen and oxygen atoms in total. The maximum Gasteiger partial charge on any atom is 0.158 e. The van der Waals surface area contributed by atoms with Crippen LogP contribution in [0.2, 0.25) is 0 Å². The van der Waals surface area contributed by atoms with Crippen molar-refractivity contribution in [2.75, 3.05) is 12.4 Å². The molecular formula is C14H17F2N3O4S. The second kappa shape index (κ2) is 6.91. The van der Waals surface area contributed by atoms with E-state index in [0.717, 1.165) is 16.8 Å². The summed E-state index contributed by atoms with van der Waals surface area (Å²) in [5.41, 5.74) is -2.62. The maximum atomic E-state index is 14.2. The number of halogens is 2. The molecule has 1 aromatic carbocycles. The molecule has 2 aromatic rings. The van der Waals surface area contributed by atoms with Crippen LogP contribution in [0.4, 0.5) is 8.78 Å². The maximum absolute atomic E-state index is 14.2. The molecule has 1 heterocycles. The topological polar surface area (TPSA) is 105 Å². The Morgan fingerprint density at radius 2 is 2.08 bits per heavy atom. The van der Waals surface area contributed by atoms with Gasteiger partial charge in [-0.05, 0) is 13.0 Å². The third kappa shape index (κ3) is 3.60. The summed E-state index contributed by atoms with van der Waals surface area (Å²) in [7, 11) is -3.97. The summed E-state index contributed by atoms with van der Waals surface area (Å²) in [5, 5.41) is 22.3. The Balaban J connectivity index is 2.56. The monoisotopic (exact) mass is 361 g/mol. The number of nitrogens with zero attached hydrogens (tertiary/aromatic N) is 3. The molecule has 0 bridgehead atoms. The van der Waals surface area contributed by atoms with Gasteiger partial charge in [0.1, 0.15) is 29.9 Å². The lowest BCUT2D eigenvalue weighted by Gasteiger charge is -2.34. The van der Waals surface area contributed by atoms with E-state index in [-0.39, 0.29) is 5.56 Å². The predicted octanol–water partition coefficient (Wildman–Crippen LogP) is 0.240. The van der Waals surface area contributed by atoms with Gasteiger partial charge in [-0.1, -0.05) is 6.07 Å². The van der Waals surface area contributed by atoms with Crippen LogP contribution in [0.15, 0.2) is 30.9 Å². The first-order valence-electron chi connectivity index (χ1n) is 7.03. The lowest BCUT2D eigenvalue weighted by molar-refractivity contribution is 0.0109. The Bertz CT molecular complexity index is 798. The summed E-state index contributed by atoms with van der Waals surface area (Å²) in [4.78, 5) is 3.69. The zero-order chi connectivity index (χ0) is 18.0. The highest BCUT2D eigenvalue weighted by Crippen LogP contribution is 2.33. The van der Waals surface area contributed by atoms with E-state index in [1.165, 1.54) is 19.6 Å². The molecule has 10 heteroatoms. The fraction of sp³-hybridized carbons (Fsp3) is 0.429. The lowest BCUT2D eigenvalue weighted by atomic mass is 9.90. The standard InChI is InChI=1S/C14H17F2N3O4S/c1-10(24(22,23)5-4-20)14(21,7-19-9-17-8-18-19)12-3-2-11(15)6-13(12)16/h2-3,6,8-10,20-21H,4-5,7H2,1H3/t10-,14-/m1/s1. The average Bonchev–Trinajstić information content (AvgIpc) is 2.98. The van der Waals surface area contributed by atoms with Crippen LogP contribution in [-0.2, 0) is 22.0 Å². The molecule has 2 rings (SSSR count). The highest BCUT2D eigenvalue weighted by Gasteiger charge is 2.45. The van der Waals surface area contributed by atoms with Crippen LogP contribution in [-0.4, -0.2) is 51.0 Å². The molecule has 0 unspecified atom stereocenters. The quantitative estimate of drug-likeness (QED) is 0.732. The lowest BCUT2D eigenvalue weighted by Crippen LogP contribution is -2.47. The van der Waals surface area contributed by atoms with E-state index in [1.807, 2.05) is 0 Å². The van der Waals surface area contributed by atoms with Crippen LogP contribution in [0.1, 0.15) is 12.5 Å². The Labute approximate surface area is 137 Å². The molecule has 2 atom stereocenters. The van der Waals surface area contributed by atoms with Gasteiger partial charge in [-0.3, -0.25) is 0 Å². The van der Waals surface area contributed by atoms with Gasteiger partial charge < -0.3 is 10.2 Å². The van der Waals surface area contributed by atoms with Crippen LogP contribution in [0, 0.1) is 11.6 Å². The molecule has 0 amide bonds. The second-order valence-electron chi connectivity index (χ2n) is 5.37. The zero-order valence-electron chi connectivity index (χ0n) is 12.8. The van der Waals surface area contributed by atoms with Crippen LogP contribution < -0.4 is 0 Å². The van der Waals surface area contributed by atoms with Gasteiger partial charge in [-0.15, -0.1) is 0 Å². The first kappa shape index (κ1) is 18.4. The SMILES string of the molecule is C[C@H]([C@](O)(Cn1cncn1)c1ccc(F)cc1F)S(=O)(=O)CCO. The molecular weight excluding hydrogens is 344 g/mol.